The second kappa shape index (κ2) is 3.18. The van der Waals surface area contributed by atoms with Crippen molar-refractivity contribution in [3.63, 3.8) is 0 Å². The zero-order valence-electron chi connectivity index (χ0n) is 6.28. The molecule has 2 unspecified atom stereocenters. The molecule has 0 radical (unpaired) electrons. The standard InChI is InChI=1S/C7H16N2/c1-3-6-5-7(4-2)9-8-6/h6-9H,3-5H2,1-2H3. The van der Waals surface area contributed by atoms with Gasteiger partial charge in [-0.25, -0.2) is 0 Å². The first-order valence-corrected chi connectivity index (χ1v) is 3.87. The topological polar surface area (TPSA) is 24.1 Å². The highest BCUT2D eigenvalue weighted by atomic mass is 15.4. The van der Waals surface area contributed by atoms with E-state index in [0.717, 1.165) is 12.1 Å². The smallest absolute Gasteiger partial charge is 0.0225 e. The highest BCUT2D eigenvalue weighted by molar-refractivity contribution is 4.78. The van der Waals surface area contributed by atoms with Crippen molar-refractivity contribution in [3.05, 3.63) is 0 Å². The van der Waals surface area contributed by atoms with E-state index in [1.807, 2.05) is 0 Å². The van der Waals surface area contributed by atoms with Gasteiger partial charge >= 0.3 is 0 Å². The summed E-state index contributed by atoms with van der Waals surface area (Å²) < 4.78 is 0. The van der Waals surface area contributed by atoms with Gasteiger partial charge in [0.1, 0.15) is 0 Å². The molecule has 1 aliphatic rings. The SMILES string of the molecule is CCC1CC(CC)NN1. The van der Waals surface area contributed by atoms with Gasteiger partial charge in [-0.3, -0.25) is 10.9 Å². The molecule has 1 saturated heterocycles. The van der Waals surface area contributed by atoms with Gasteiger partial charge in [0.05, 0.1) is 0 Å². The average molecular weight is 128 g/mol. The Morgan fingerprint density at radius 1 is 1.11 bits per heavy atom. The molecule has 2 N–H and O–H groups in total. The fraction of sp³-hybridized carbons (Fsp3) is 1.00. The minimum atomic E-state index is 0.718. The van der Waals surface area contributed by atoms with Crippen molar-refractivity contribution in [2.75, 3.05) is 0 Å². The first-order chi connectivity index (χ1) is 4.36. The number of hydrogen-bond donors (Lipinski definition) is 2. The Balaban J connectivity index is 2.20. The maximum atomic E-state index is 3.26. The quantitative estimate of drug-likeness (QED) is 0.580. The van der Waals surface area contributed by atoms with Crippen LogP contribution in [0.5, 0.6) is 0 Å². The van der Waals surface area contributed by atoms with Crippen molar-refractivity contribution in [1.29, 1.82) is 0 Å². The van der Waals surface area contributed by atoms with Crippen LogP contribution >= 0.6 is 0 Å². The lowest BCUT2D eigenvalue weighted by molar-refractivity contribution is 0.522. The van der Waals surface area contributed by atoms with Gasteiger partial charge in [-0.05, 0) is 19.3 Å². The Hall–Kier alpha value is -0.0800. The van der Waals surface area contributed by atoms with E-state index in [4.69, 9.17) is 0 Å². The van der Waals surface area contributed by atoms with Gasteiger partial charge in [-0.15, -0.1) is 0 Å². The van der Waals surface area contributed by atoms with Crippen molar-refractivity contribution in [2.24, 2.45) is 0 Å². The highest BCUT2D eigenvalue weighted by Crippen LogP contribution is 2.09. The third-order valence-corrected chi connectivity index (χ3v) is 2.05. The fourth-order valence-electron chi connectivity index (χ4n) is 1.23. The van der Waals surface area contributed by atoms with Crippen LogP contribution in [0.25, 0.3) is 0 Å². The Morgan fingerprint density at radius 2 is 1.56 bits per heavy atom. The van der Waals surface area contributed by atoms with Crippen molar-refractivity contribution in [1.82, 2.24) is 10.9 Å². The molecule has 1 fully saturated rings. The Kier molecular flexibility index (Phi) is 2.49. The van der Waals surface area contributed by atoms with Gasteiger partial charge < -0.3 is 0 Å². The van der Waals surface area contributed by atoms with Gasteiger partial charge in [0.2, 0.25) is 0 Å². The van der Waals surface area contributed by atoms with Crippen LogP contribution in [-0.2, 0) is 0 Å². The molecule has 0 saturated carbocycles. The lowest BCUT2D eigenvalue weighted by Gasteiger charge is -2.02. The predicted octanol–water partition coefficient (Wildman–Crippen LogP) is 1.04. The van der Waals surface area contributed by atoms with Crippen molar-refractivity contribution in [2.45, 2.75) is 45.2 Å². The molecule has 0 aromatic carbocycles. The summed E-state index contributed by atoms with van der Waals surface area (Å²) in [5.41, 5.74) is 6.51. The van der Waals surface area contributed by atoms with E-state index >= 15 is 0 Å². The molecule has 0 spiro atoms. The van der Waals surface area contributed by atoms with Gasteiger partial charge in [0, 0.05) is 12.1 Å². The number of nitrogens with one attached hydrogen (secondary N) is 2. The summed E-state index contributed by atoms with van der Waals surface area (Å²) in [6.07, 6.45) is 3.78. The zero-order chi connectivity index (χ0) is 6.69. The second-order valence-corrected chi connectivity index (χ2v) is 2.73. The third kappa shape index (κ3) is 1.66. The van der Waals surface area contributed by atoms with Crippen LogP contribution in [0.3, 0.4) is 0 Å². The molecule has 0 aliphatic carbocycles. The van der Waals surface area contributed by atoms with Crippen LogP contribution in [0, 0.1) is 0 Å². The molecule has 54 valence electrons. The van der Waals surface area contributed by atoms with Crippen LogP contribution in [-0.4, -0.2) is 12.1 Å². The van der Waals surface area contributed by atoms with E-state index in [1.165, 1.54) is 19.3 Å². The zero-order valence-corrected chi connectivity index (χ0v) is 6.28. The van der Waals surface area contributed by atoms with E-state index in [-0.39, 0.29) is 0 Å². The molecule has 2 heteroatoms. The maximum absolute atomic E-state index is 3.26. The number of hydrazine groups is 1. The summed E-state index contributed by atoms with van der Waals surface area (Å²) in [7, 11) is 0. The first kappa shape index (κ1) is 7.03. The summed E-state index contributed by atoms with van der Waals surface area (Å²) in [5, 5.41) is 0. The van der Waals surface area contributed by atoms with Crippen LogP contribution in [0.1, 0.15) is 33.1 Å². The molecule has 2 atom stereocenters. The van der Waals surface area contributed by atoms with E-state index < -0.39 is 0 Å². The van der Waals surface area contributed by atoms with E-state index in [1.54, 1.807) is 0 Å². The molecule has 1 aliphatic heterocycles. The van der Waals surface area contributed by atoms with Gasteiger partial charge in [0.15, 0.2) is 0 Å². The average Bonchev–Trinajstić information content (AvgIpc) is 2.34. The van der Waals surface area contributed by atoms with Gasteiger partial charge in [-0.2, -0.15) is 0 Å². The molecule has 0 amide bonds. The van der Waals surface area contributed by atoms with Crippen LogP contribution in [0.15, 0.2) is 0 Å². The monoisotopic (exact) mass is 128 g/mol. The largest absolute Gasteiger partial charge is 0.254 e. The molecule has 0 bridgehead atoms. The predicted molar refractivity (Wildman–Crippen MR) is 39.0 cm³/mol. The molecule has 0 aromatic rings. The maximum Gasteiger partial charge on any atom is 0.0225 e. The Bertz CT molecular complexity index is 73.0. The van der Waals surface area contributed by atoms with E-state index in [9.17, 15) is 0 Å². The Morgan fingerprint density at radius 3 is 1.78 bits per heavy atom. The minimum Gasteiger partial charge on any atom is -0.254 e. The van der Waals surface area contributed by atoms with Crippen molar-refractivity contribution in [3.8, 4) is 0 Å². The summed E-state index contributed by atoms with van der Waals surface area (Å²) in [6.45, 7) is 4.44. The van der Waals surface area contributed by atoms with Crippen LogP contribution in [0.4, 0.5) is 0 Å². The summed E-state index contributed by atoms with van der Waals surface area (Å²) in [4.78, 5) is 0. The first-order valence-electron chi connectivity index (χ1n) is 3.87. The Labute approximate surface area is 57.0 Å². The molecular weight excluding hydrogens is 112 g/mol. The lowest BCUT2D eigenvalue weighted by Crippen LogP contribution is -2.32. The summed E-state index contributed by atoms with van der Waals surface area (Å²) in [6, 6.07) is 1.44. The third-order valence-electron chi connectivity index (χ3n) is 2.05. The molecule has 0 aromatic heterocycles. The molecule has 2 nitrogen and oxygen atoms in total. The minimum absolute atomic E-state index is 0.718. The molecule has 9 heavy (non-hydrogen) atoms. The number of hydrogen-bond acceptors (Lipinski definition) is 2. The lowest BCUT2D eigenvalue weighted by atomic mass is 10.1. The normalized spacial score (nSPS) is 35.3. The van der Waals surface area contributed by atoms with Gasteiger partial charge in [0.25, 0.3) is 0 Å². The molecule has 1 heterocycles. The van der Waals surface area contributed by atoms with Crippen molar-refractivity contribution >= 4 is 0 Å². The van der Waals surface area contributed by atoms with Crippen LogP contribution in [0.2, 0.25) is 0 Å². The molecular formula is C7H16N2. The van der Waals surface area contributed by atoms with Gasteiger partial charge in [-0.1, -0.05) is 13.8 Å². The van der Waals surface area contributed by atoms with Crippen LogP contribution < -0.4 is 10.9 Å². The second-order valence-electron chi connectivity index (χ2n) is 2.73. The van der Waals surface area contributed by atoms with E-state index in [0.29, 0.717) is 0 Å². The number of rotatable bonds is 2. The van der Waals surface area contributed by atoms with E-state index in [2.05, 4.69) is 24.7 Å². The molecule has 1 rings (SSSR count). The highest BCUT2D eigenvalue weighted by Gasteiger charge is 2.19. The fourth-order valence-corrected chi connectivity index (χ4v) is 1.23. The summed E-state index contributed by atoms with van der Waals surface area (Å²) >= 11 is 0. The summed E-state index contributed by atoms with van der Waals surface area (Å²) in [5.74, 6) is 0. The van der Waals surface area contributed by atoms with Crippen molar-refractivity contribution < 1.29 is 0 Å².